The average Bonchev–Trinajstić information content (AvgIpc) is 2.44. The topological polar surface area (TPSA) is 75.8 Å². The number of carbonyl (C=O) groups excluding carboxylic acids is 1. The molecule has 0 aromatic rings. The largest absolute Gasteiger partial charge is 0.453 e. The summed E-state index contributed by atoms with van der Waals surface area (Å²) in [5.74, 6) is 0. The Kier molecular flexibility index (Phi) is 2.77. The summed E-state index contributed by atoms with van der Waals surface area (Å²) in [4.78, 5) is 12.7. The van der Waals surface area contributed by atoms with Crippen LogP contribution in [0.3, 0.4) is 0 Å². The standard InChI is InChI=1S/C8H16N2O3/c1-6-8(12,5-9)3-4-10(6)7(11)13-2/h6,12H,3-5,9H2,1-2H3. The van der Waals surface area contributed by atoms with Gasteiger partial charge in [0, 0.05) is 13.1 Å². The van der Waals surface area contributed by atoms with Crippen LogP contribution in [0, 0.1) is 0 Å². The lowest BCUT2D eigenvalue weighted by molar-refractivity contribution is 0.0182. The highest BCUT2D eigenvalue weighted by Gasteiger charge is 2.44. The molecular formula is C8H16N2O3. The van der Waals surface area contributed by atoms with Crippen molar-refractivity contribution in [2.24, 2.45) is 5.73 Å². The SMILES string of the molecule is COC(=O)N1CCC(O)(CN)C1C. The second-order valence-electron chi connectivity index (χ2n) is 3.40. The molecule has 1 rings (SSSR count). The van der Waals surface area contributed by atoms with Crippen LogP contribution in [0.5, 0.6) is 0 Å². The Balaban J connectivity index is 2.70. The highest BCUT2D eigenvalue weighted by molar-refractivity contribution is 5.68. The molecule has 1 heterocycles. The summed E-state index contributed by atoms with van der Waals surface area (Å²) >= 11 is 0. The molecule has 0 spiro atoms. The number of likely N-dealkylation sites (tertiary alicyclic amines) is 1. The molecule has 1 fully saturated rings. The monoisotopic (exact) mass is 188 g/mol. The predicted molar refractivity (Wildman–Crippen MR) is 47.2 cm³/mol. The number of hydrogen-bond acceptors (Lipinski definition) is 4. The average molecular weight is 188 g/mol. The van der Waals surface area contributed by atoms with Gasteiger partial charge in [-0.1, -0.05) is 0 Å². The van der Waals surface area contributed by atoms with Gasteiger partial charge in [-0.25, -0.2) is 4.79 Å². The van der Waals surface area contributed by atoms with E-state index in [0.29, 0.717) is 13.0 Å². The fourth-order valence-corrected chi connectivity index (χ4v) is 1.65. The molecule has 1 saturated heterocycles. The molecule has 3 N–H and O–H groups in total. The van der Waals surface area contributed by atoms with Crippen LogP contribution < -0.4 is 5.73 Å². The number of hydrogen-bond donors (Lipinski definition) is 2. The molecule has 1 amide bonds. The van der Waals surface area contributed by atoms with Gasteiger partial charge < -0.3 is 20.5 Å². The van der Waals surface area contributed by atoms with Crippen LogP contribution in [0.4, 0.5) is 4.79 Å². The molecule has 0 aliphatic carbocycles. The lowest BCUT2D eigenvalue weighted by Crippen LogP contribution is -2.49. The molecule has 0 saturated carbocycles. The molecule has 0 aromatic heterocycles. The molecule has 2 atom stereocenters. The first kappa shape index (κ1) is 10.3. The first-order chi connectivity index (χ1) is 6.05. The van der Waals surface area contributed by atoms with Gasteiger partial charge in [0.25, 0.3) is 0 Å². The van der Waals surface area contributed by atoms with Crippen molar-refractivity contribution in [2.45, 2.75) is 25.0 Å². The van der Waals surface area contributed by atoms with Crippen LogP contribution in [0.25, 0.3) is 0 Å². The molecule has 1 aliphatic rings. The summed E-state index contributed by atoms with van der Waals surface area (Å²) < 4.78 is 4.58. The highest BCUT2D eigenvalue weighted by atomic mass is 16.5. The van der Waals surface area contributed by atoms with Crippen LogP contribution in [0.1, 0.15) is 13.3 Å². The maximum absolute atomic E-state index is 11.2. The van der Waals surface area contributed by atoms with Crippen molar-refractivity contribution in [3.05, 3.63) is 0 Å². The van der Waals surface area contributed by atoms with E-state index in [4.69, 9.17) is 5.73 Å². The minimum Gasteiger partial charge on any atom is -0.453 e. The van der Waals surface area contributed by atoms with E-state index in [1.807, 2.05) is 0 Å². The van der Waals surface area contributed by atoms with Gasteiger partial charge in [-0.3, -0.25) is 0 Å². The van der Waals surface area contributed by atoms with Crippen LogP contribution >= 0.6 is 0 Å². The Labute approximate surface area is 77.5 Å². The minimum absolute atomic E-state index is 0.168. The molecule has 76 valence electrons. The minimum atomic E-state index is -0.950. The number of ether oxygens (including phenoxy) is 1. The first-order valence-corrected chi connectivity index (χ1v) is 4.32. The normalized spacial score (nSPS) is 33.5. The van der Waals surface area contributed by atoms with Gasteiger partial charge in [-0.2, -0.15) is 0 Å². The molecule has 0 radical (unpaired) electrons. The third-order valence-corrected chi connectivity index (χ3v) is 2.79. The number of aliphatic hydroxyl groups is 1. The molecule has 1 aliphatic heterocycles. The number of rotatable bonds is 1. The zero-order chi connectivity index (χ0) is 10.1. The Morgan fingerprint density at radius 2 is 2.46 bits per heavy atom. The number of carbonyl (C=O) groups is 1. The predicted octanol–water partition coefficient (Wildman–Crippen LogP) is -0.463. The maximum Gasteiger partial charge on any atom is 0.409 e. The molecule has 2 unspecified atom stereocenters. The van der Waals surface area contributed by atoms with Crippen LogP contribution in [-0.4, -0.2) is 47.9 Å². The van der Waals surface area contributed by atoms with E-state index in [9.17, 15) is 9.90 Å². The van der Waals surface area contributed by atoms with Gasteiger partial charge in [-0.05, 0) is 13.3 Å². The van der Waals surface area contributed by atoms with Crippen LogP contribution in [0.15, 0.2) is 0 Å². The smallest absolute Gasteiger partial charge is 0.409 e. The summed E-state index contributed by atoms with van der Waals surface area (Å²) in [5, 5.41) is 9.91. The third-order valence-electron chi connectivity index (χ3n) is 2.79. The van der Waals surface area contributed by atoms with E-state index in [1.165, 1.54) is 12.0 Å². The van der Waals surface area contributed by atoms with E-state index < -0.39 is 11.7 Å². The van der Waals surface area contributed by atoms with Crippen molar-refractivity contribution >= 4 is 6.09 Å². The van der Waals surface area contributed by atoms with Crippen molar-refractivity contribution in [2.75, 3.05) is 20.2 Å². The van der Waals surface area contributed by atoms with Gasteiger partial charge >= 0.3 is 6.09 Å². The number of nitrogens with zero attached hydrogens (tertiary/aromatic N) is 1. The first-order valence-electron chi connectivity index (χ1n) is 4.32. The van der Waals surface area contributed by atoms with E-state index in [-0.39, 0.29) is 12.6 Å². The van der Waals surface area contributed by atoms with Gasteiger partial charge in [0.1, 0.15) is 0 Å². The van der Waals surface area contributed by atoms with Gasteiger partial charge in [-0.15, -0.1) is 0 Å². The van der Waals surface area contributed by atoms with E-state index in [0.717, 1.165) is 0 Å². The van der Waals surface area contributed by atoms with Crippen LogP contribution in [0.2, 0.25) is 0 Å². The van der Waals surface area contributed by atoms with Gasteiger partial charge in [0.15, 0.2) is 0 Å². The van der Waals surface area contributed by atoms with Crippen LogP contribution in [-0.2, 0) is 4.74 Å². The van der Waals surface area contributed by atoms with Crippen molar-refractivity contribution in [1.82, 2.24) is 4.90 Å². The summed E-state index contributed by atoms with van der Waals surface area (Å²) in [7, 11) is 1.33. The Hall–Kier alpha value is -0.810. The fraction of sp³-hybridized carbons (Fsp3) is 0.875. The van der Waals surface area contributed by atoms with Gasteiger partial charge in [0.2, 0.25) is 0 Å². The van der Waals surface area contributed by atoms with E-state index >= 15 is 0 Å². The highest BCUT2D eigenvalue weighted by Crippen LogP contribution is 2.27. The molecule has 5 nitrogen and oxygen atoms in total. The lowest BCUT2D eigenvalue weighted by atomic mass is 9.96. The Bertz CT molecular complexity index is 210. The van der Waals surface area contributed by atoms with Crippen molar-refractivity contribution in [1.29, 1.82) is 0 Å². The van der Waals surface area contributed by atoms with E-state index in [2.05, 4.69) is 4.74 Å². The van der Waals surface area contributed by atoms with Crippen molar-refractivity contribution in [3.8, 4) is 0 Å². The fourth-order valence-electron chi connectivity index (χ4n) is 1.65. The Morgan fingerprint density at radius 1 is 1.85 bits per heavy atom. The number of nitrogens with two attached hydrogens (primary N) is 1. The summed E-state index contributed by atoms with van der Waals surface area (Å²) in [5.41, 5.74) is 4.48. The summed E-state index contributed by atoms with van der Waals surface area (Å²) in [6.07, 6.45) is 0.108. The number of methoxy groups -OCH3 is 1. The van der Waals surface area contributed by atoms with Gasteiger partial charge in [0.05, 0.1) is 18.8 Å². The van der Waals surface area contributed by atoms with Crippen molar-refractivity contribution < 1.29 is 14.6 Å². The van der Waals surface area contributed by atoms with E-state index in [1.54, 1.807) is 6.92 Å². The Morgan fingerprint density at radius 3 is 2.85 bits per heavy atom. The summed E-state index contributed by atoms with van der Waals surface area (Å²) in [6.45, 7) is 2.44. The zero-order valence-electron chi connectivity index (χ0n) is 7.99. The number of amides is 1. The molecule has 0 bridgehead atoms. The second kappa shape index (κ2) is 3.51. The molecule has 5 heteroatoms. The molecule has 0 aromatic carbocycles. The lowest BCUT2D eigenvalue weighted by Gasteiger charge is -2.29. The van der Waals surface area contributed by atoms with Crippen molar-refractivity contribution in [3.63, 3.8) is 0 Å². The second-order valence-corrected chi connectivity index (χ2v) is 3.40. The third kappa shape index (κ3) is 1.62. The molecular weight excluding hydrogens is 172 g/mol. The molecule has 13 heavy (non-hydrogen) atoms. The quantitative estimate of drug-likeness (QED) is 0.583. The maximum atomic E-state index is 11.2. The zero-order valence-corrected chi connectivity index (χ0v) is 7.99. The summed E-state index contributed by atoms with van der Waals surface area (Å²) in [6, 6.07) is -0.273.